The van der Waals surface area contributed by atoms with Crippen LogP contribution in [0.25, 0.3) is 28.2 Å². The van der Waals surface area contributed by atoms with Crippen LogP contribution in [0.1, 0.15) is 15.9 Å². The fourth-order valence-corrected chi connectivity index (χ4v) is 3.55. The Morgan fingerprint density at radius 2 is 1.78 bits per heavy atom. The van der Waals surface area contributed by atoms with Gasteiger partial charge in [-0.25, -0.2) is 10.4 Å². The molecule has 0 radical (unpaired) electrons. The van der Waals surface area contributed by atoms with Crippen molar-refractivity contribution in [3.05, 3.63) is 101 Å². The molecule has 0 saturated carbocycles. The molecular weight excluding hydrogens is 422 g/mol. The zero-order valence-electron chi connectivity index (χ0n) is 17.3. The summed E-state index contributed by atoms with van der Waals surface area (Å²) in [6.45, 7) is 0. The third kappa shape index (κ3) is 4.68. The van der Waals surface area contributed by atoms with Gasteiger partial charge in [0.15, 0.2) is 0 Å². The second-order valence-corrected chi connectivity index (χ2v) is 7.28. The molecule has 0 bridgehead atoms. The third-order valence-corrected chi connectivity index (χ3v) is 5.18. The summed E-state index contributed by atoms with van der Waals surface area (Å²) in [5.41, 5.74) is 6.06. The average molecular weight is 442 g/mol. The number of hydrogen-bond acceptors (Lipinski definition) is 4. The minimum absolute atomic E-state index is 0.334. The summed E-state index contributed by atoms with van der Waals surface area (Å²) in [6.07, 6.45) is 5.10. The molecule has 0 fully saturated rings. The Labute approximate surface area is 191 Å². The van der Waals surface area contributed by atoms with Gasteiger partial charge in [-0.05, 0) is 36.4 Å². The number of carbonyl (C=O) groups excluding carboxylic acids is 1. The van der Waals surface area contributed by atoms with Gasteiger partial charge in [-0.1, -0.05) is 66.2 Å². The molecular formula is C26H20ClN3O2. The number of methoxy groups -OCH3 is 1. The zero-order valence-corrected chi connectivity index (χ0v) is 18.1. The maximum absolute atomic E-state index is 12.9. The van der Waals surface area contributed by atoms with Gasteiger partial charge in [-0.3, -0.25) is 4.79 Å². The Kier molecular flexibility index (Phi) is 6.58. The van der Waals surface area contributed by atoms with Gasteiger partial charge in [0.1, 0.15) is 5.75 Å². The summed E-state index contributed by atoms with van der Waals surface area (Å²) in [7, 11) is 1.62. The normalized spacial score (nSPS) is 11.3. The first kappa shape index (κ1) is 21.3. The van der Waals surface area contributed by atoms with E-state index in [-0.39, 0.29) is 5.91 Å². The molecule has 5 nitrogen and oxygen atoms in total. The number of nitrogens with one attached hydrogen (secondary N) is 1. The Balaban J connectivity index is 1.58. The first-order chi connectivity index (χ1) is 15.7. The lowest BCUT2D eigenvalue weighted by Crippen LogP contribution is -2.18. The van der Waals surface area contributed by atoms with Crippen molar-refractivity contribution >= 4 is 40.7 Å². The maximum Gasteiger partial charge on any atom is 0.272 e. The standard InChI is InChI=1S/C26H20ClN3O2/c1-32-25-15-7-2-9-18(25)10-8-16-28-30-26(31)21-17-24(20-12-3-5-13-22(20)27)29-23-14-6-4-11-19(21)23/h2-17H,1H3,(H,30,31)/b10-8+,28-16+. The van der Waals surface area contributed by atoms with Crippen molar-refractivity contribution in [1.82, 2.24) is 10.4 Å². The summed E-state index contributed by atoms with van der Waals surface area (Å²) in [5, 5.41) is 5.35. The third-order valence-electron chi connectivity index (χ3n) is 4.85. The maximum atomic E-state index is 12.9. The van der Waals surface area contributed by atoms with E-state index < -0.39 is 0 Å². The van der Waals surface area contributed by atoms with Crippen LogP contribution in [0.2, 0.25) is 5.02 Å². The van der Waals surface area contributed by atoms with E-state index in [9.17, 15) is 4.79 Å². The first-order valence-electron chi connectivity index (χ1n) is 9.95. The highest BCUT2D eigenvalue weighted by molar-refractivity contribution is 6.33. The smallest absolute Gasteiger partial charge is 0.272 e. The molecule has 0 spiro atoms. The number of fused-ring (bicyclic) bond motifs is 1. The zero-order chi connectivity index (χ0) is 22.3. The van der Waals surface area contributed by atoms with Crippen molar-refractivity contribution < 1.29 is 9.53 Å². The van der Waals surface area contributed by atoms with Gasteiger partial charge in [0.25, 0.3) is 5.91 Å². The SMILES string of the molecule is COc1ccccc1/C=C/C=N/NC(=O)c1cc(-c2ccccc2Cl)nc2ccccc12. The van der Waals surface area contributed by atoms with Crippen LogP contribution in [0, 0.1) is 0 Å². The van der Waals surface area contributed by atoms with E-state index in [1.165, 1.54) is 6.21 Å². The fourth-order valence-electron chi connectivity index (χ4n) is 3.32. The number of aromatic nitrogens is 1. The van der Waals surface area contributed by atoms with Gasteiger partial charge in [0.2, 0.25) is 0 Å². The van der Waals surface area contributed by atoms with Gasteiger partial charge < -0.3 is 4.74 Å². The van der Waals surface area contributed by atoms with Gasteiger partial charge in [0, 0.05) is 27.8 Å². The van der Waals surface area contributed by atoms with E-state index in [1.807, 2.05) is 72.8 Å². The van der Waals surface area contributed by atoms with E-state index in [2.05, 4.69) is 15.5 Å². The number of benzene rings is 3. The van der Waals surface area contributed by atoms with Gasteiger partial charge in [-0.2, -0.15) is 5.10 Å². The molecule has 0 aliphatic carbocycles. The molecule has 4 aromatic rings. The van der Waals surface area contributed by atoms with Gasteiger partial charge >= 0.3 is 0 Å². The molecule has 0 aliphatic rings. The Morgan fingerprint density at radius 3 is 2.62 bits per heavy atom. The van der Waals surface area contributed by atoms with Gasteiger partial charge in [-0.15, -0.1) is 0 Å². The number of para-hydroxylation sites is 2. The summed E-state index contributed by atoms with van der Waals surface area (Å²) in [4.78, 5) is 17.6. The minimum atomic E-state index is -0.334. The lowest BCUT2D eigenvalue weighted by molar-refractivity contribution is 0.0956. The number of carbonyl (C=O) groups is 1. The first-order valence-corrected chi connectivity index (χ1v) is 10.3. The van der Waals surface area contributed by atoms with Crippen molar-refractivity contribution in [2.75, 3.05) is 7.11 Å². The van der Waals surface area contributed by atoms with Crippen LogP contribution in [0.15, 0.2) is 90.0 Å². The number of ether oxygens (including phenoxy) is 1. The molecule has 1 N–H and O–H groups in total. The van der Waals surface area contributed by atoms with E-state index in [0.717, 1.165) is 22.3 Å². The van der Waals surface area contributed by atoms with Crippen LogP contribution in [0.3, 0.4) is 0 Å². The van der Waals surface area contributed by atoms with Crippen LogP contribution in [0.5, 0.6) is 5.75 Å². The summed E-state index contributed by atoms with van der Waals surface area (Å²) < 4.78 is 5.31. The average Bonchev–Trinajstić information content (AvgIpc) is 2.83. The quantitative estimate of drug-likeness (QED) is 0.295. The molecule has 4 rings (SSSR count). The predicted octanol–water partition coefficient (Wildman–Crippen LogP) is 5.99. The second kappa shape index (κ2) is 9.90. The molecule has 3 aromatic carbocycles. The molecule has 158 valence electrons. The number of halogens is 1. The number of hydrazone groups is 1. The highest BCUT2D eigenvalue weighted by Crippen LogP contribution is 2.29. The van der Waals surface area contributed by atoms with Crippen molar-refractivity contribution in [2.45, 2.75) is 0 Å². The van der Waals surface area contributed by atoms with E-state index in [0.29, 0.717) is 21.8 Å². The highest BCUT2D eigenvalue weighted by atomic mass is 35.5. The van der Waals surface area contributed by atoms with Crippen LogP contribution < -0.4 is 10.2 Å². The molecule has 1 aromatic heterocycles. The number of pyridine rings is 1. The molecule has 1 heterocycles. The largest absolute Gasteiger partial charge is 0.496 e. The van der Waals surface area contributed by atoms with Crippen LogP contribution >= 0.6 is 11.6 Å². The van der Waals surface area contributed by atoms with Crippen LogP contribution in [0.4, 0.5) is 0 Å². The van der Waals surface area contributed by atoms with Crippen LogP contribution in [-0.2, 0) is 0 Å². The molecule has 6 heteroatoms. The lowest BCUT2D eigenvalue weighted by atomic mass is 10.0. The Hall–Kier alpha value is -3.96. The number of amides is 1. The number of rotatable bonds is 6. The second-order valence-electron chi connectivity index (χ2n) is 6.87. The van der Waals surface area contributed by atoms with Crippen molar-refractivity contribution in [3.8, 4) is 17.0 Å². The highest BCUT2D eigenvalue weighted by Gasteiger charge is 2.14. The summed E-state index contributed by atoms with van der Waals surface area (Å²) >= 11 is 6.35. The fraction of sp³-hybridized carbons (Fsp3) is 0.0385. The topological polar surface area (TPSA) is 63.6 Å². The van der Waals surface area contributed by atoms with E-state index in [4.69, 9.17) is 16.3 Å². The Bertz CT molecular complexity index is 1330. The minimum Gasteiger partial charge on any atom is -0.496 e. The summed E-state index contributed by atoms with van der Waals surface area (Å²) in [6, 6.07) is 24.3. The van der Waals surface area contributed by atoms with Crippen molar-refractivity contribution in [1.29, 1.82) is 0 Å². The number of hydrogen-bond donors (Lipinski definition) is 1. The van der Waals surface area contributed by atoms with Crippen LogP contribution in [-0.4, -0.2) is 24.2 Å². The molecule has 0 saturated heterocycles. The van der Waals surface area contributed by atoms with E-state index in [1.54, 1.807) is 25.3 Å². The van der Waals surface area contributed by atoms with Crippen molar-refractivity contribution in [2.24, 2.45) is 5.10 Å². The molecule has 32 heavy (non-hydrogen) atoms. The number of nitrogens with zero attached hydrogens (tertiary/aromatic N) is 2. The number of allylic oxidation sites excluding steroid dienone is 1. The molecule has 1 amide bonds. The predicted molar refractivity (Wildman–Crippen MR) is 130 cm³/mol. The van der Waals surface area contributed by atoms with Gasteiger partial charge in [0.05, 0.1) is 23.9 Å². The molecule has 0 unspecified atom stereocenters. The Morgan fingerprint density at radius 1 is 1.03 bits per heavy atom. The van der Waals surface area contributed by atoms with Crippen molar-refractivity contribution in [3.63, 3.8) is 0 Å². The summed E-state index contributed by atoms with van der Waals surface area (Å²) in [5.74, 6) is 0.426. The molecule has 0 atom stereocenters. The molecule has 0 aliphatic heterocycles. The van der Waals surface area contributed by atoms with E-state index >= 15 is 0 Å². The monoisotopic (exact) mass is 441 g/mol. The lowest BCUT2D eigenvalue weighted by Gasteiger charge is -2.10.